The quantitative estimate of drug-likeness (QED) is 0.671. The van der Waals surface area contributed by atoms with Gasteiger partial charge in [0.1, 0.15) is 17.1 Å². The molecular formula is C18H25BrN2O4. The zero-order valence-corrected chi connectivity index (χ0v) is 16.5. The first-order valence-electron chi connectivity index (χ1n) is 8.55. The Balaban J connectivity index is 2.67. The number of ether oxygens (including phenoxy) is 1. The summed E-state index contributed by atoms with van der Waals surface area (Å²) >= 11 is 3.38. The zero-order chi connectivity index (χ0) is 18.7. The van der Waals surface area contributed by atoms with Crippen molar-refractivity contribution in [1.29, 1.82) is 0 Å². The molecule has 1 atom stereocenters. The van der Waals surface area contributed by atoms with Crippen LogP contribution in [0, 0.1) is 0 Å². The molecule has 0 bridgehead atoms. The number of Topliss-reactive ketones (excluding diaryl/α,β-unsaturated/α-hetero) is 1. The van der Waals surface area contributed by atoms with E-state index in [1.807, 2.05) is 0 Å². The number of benzene rings is 1. The number of methoxy groups -OCH3 is 1. The Morgan fingerprint density at radius 1 is 1.36 bits per heavy atom. The lowest BCUT2D eigenvalue weighted by Crippen LogP contribution is -2.31. The van der Waals surface area contributed by atoms with Crippen LogP contribution in [0.15, 0.2) is 4.47 Å². The summed E-state index contributed by atoms with van der Waals surface area (Å²) in [5.41, 5.74) is 6.27. The standard InChI is InChI=1S/C18H25BrN2O4/c1-4-12(22)13-11(9-10-7-6-8-21(10)5-2)15(19)16(23)14(18(20)24)17(13)25-3/h10,23H,4-9H2,1-3H3,(H2,20,24)/t10-/m0/s1. The SMILES string of the molecule is CCC(=O)c1c(C[C@@H]2CCCN2CC)c(Br)c(O)c(C(N)=O)c1OC. The first-order chi connectivity index (χ1) is 11.9. The summed E-state index contributed by atoms with van der Waals surface area (Å²) < 4.78 is 5.69. The third-order valence-corrected chi connectivity index (χ3v) is 5.72. The van der Waals surface area contributed by atoms with Gasteiger partial charge in [-0.2, -0.15) is 0 Å². The summed E-state index contributed by atoms with van der Waals surface area (Å²) in [5.74, 6) is -1.18. The van der Waals surface area contributed by atoms with Gasteiger partial charge in [0.25, 0.3) is 5.91 Å². The van der Waals surface area contributed by atoms with Crippen LogP contribution in [0.5, 0.6) is 11.5 Å². The lowest BCUT2D eigenvalue weighted by molar-refractivity contribution is 0.0983. The monoisotopic (exact) mass is 412 g/mol. The largest absolute Gasteiger partial charge is 0.506 e. The molecule has 1 saturated heterocycles. The minimum absolute atomic E-state index is 0.0658. The first-order valence-corrected chi connectivity index (χ1v) is 9.34. The fourth-order valence-corrected chi connectivity index (χ4v) is 4.16. The predicted octanol–water partition coefficient (Wildman–Crippen LogP) is 2.88. The average molecular weight is 413 g/mol. The highest BCUT2D eigenvalue weighted by molar-refractivity contribution is 9.10. The van der Waals surface area contributed by atoms with Gasteiger partial charge in [-0.05, 0) is 53.8 Å². The van der Waals surface area contributed by atoms with E-state index in [1.54, 1.807) is 6.92 Å². The van der Waals surface area contributed by atoms with Crippen LogP contribution in [0.25, 0.3) is 0 Å². The number of likely N-dealkylation sites (N-methyl/N-ethyl adjacent to an activating group) is 1. The second-order valence-electron chi connectivity index (χ2n) is 6.19. The first kappa shape index (κ1) is 19.7. The fraction of sp³-hybridized carbons (Fsp3) is 0.556. The van der Waals surface area contributed by atoms with Gasteiger partial charge >= 0.3 is 0 Å². The number of hydrogen-bond donors (Lipinski definition) is 2. The maximum Gasteiger partial charge on any atom is 0.256 e. The van der Waals surface area contributed by atoms with E-state index in [2.05, 4.69) is 27.8 Å². The zero-order valence-electron chi connectivity index (χ0n) is 14.9. The molecule has 1 amide bonds. The molecular weight excluding hydrogens is 388 g/mol. The van der Waals surface area contributed by atoms with Gasteiger partial charge in [-0.1, -0.05) is 13.8 Å². The van der Waals surface area contributed by atoms with Gasteiger partial charge < -0.3 is 20.5 Å². The van der Waals surface area contributed by atoms with Crippen LogP contribution in [0.4, 0.5) is 0 Å². The molecule has 7 heteroatoms. The summed E-state index contributed by atoms with van der Waals surface area (Å²) in [4.78, 5) is 26.8. The summed E-state index contributed by atoms with van der Waals surface area (Å²) in [6.07, 6.45) is 3.00. The minimum atomic E-state index is -0.831. The number of phenols is 1. The van der Waals surface area contributed by atoms with Gasteiger partial charge in [-0.3, -0.25) is 9.59 Å². The number of hydrogen-bond acceptors (Lipinski definition) is 5. The van der Waals surface area contributed by atoms with Gasteiger partial charge in [0, 0.05) is 12.5 Å². The third-order valence-electron chi connectivity index (χ3n) is 4.86. The van der Waals surface area contributed by atoms with Gasteiger partial charge in [0.05, 0.1) is 17.1 Å². The maximum absolute atomic E-state index is 12.6. The molecule has 3 N–H and O–H groups in total. The number of rotatable bonds is 7. The van der Waals surface area contributed by atoms with Crippen molar-refractivity contribution in [1.82, 2.24) is 4.90 Å². The highest BCUT2D eigenvalue weighted by atomic mass is 79.9. The van der Waals surface area contributed by atoms with E-state index in [0.29, 0.717) is 22.0 Å². The molecule has 1 heterocycles. The fourth-order valence-electron chi connectivity index (χ4n) is 3.61. The minimum Gasteiger partial charge on any atom is -0.506 e. The molecule has 138 valence electrons. The lowest BCUT2D eigenvalue weighted by Gasteiger charge is -2.26. The number of ketones is 1. The van der Waals surface area contributed by atoms with Crippen LogP contribution in [-0.4, -0.2) is 47.9 Å². The van der Waals surface area contributed by atoms with Gasteiger partial charge in [0.15, 0.2) is 5.78 Å². The molecule has 0 radical (unpaired) electrons. The molecule has 0 aromatic heterocycles. The van der Waals surface area contributed by atoms with Crippen LogP contribution in [-0.2, 0) is 6.42 Å². The molecule has 1 aliphatic heterocycles. The van der Waals surface area contributed by atoms with E-state index < -0.39 is 5.91 Å². The summed E-state index contributed by atoms with van der Waals surface area (Å²) in [6, 6.07) is 0.285. The normalized spacial score (nSPS) is 17.7. The smallest absolute Gasteiger partial charge is 0.256 e. The van der Waals surface area contributed by atoms with E-state index in [1.165, 1.54) is 7.11 Å². The maximum atomic E-state index is 12.6. The van der Waals surface area contributed by atoms with Crippen molar-refractivity contribution in [2.24, 2.45) is 5.73 Å². The van der Waals surface area contributed by atoms with Crippen molar-refractivity contribution in [3.8, 4) is 11.5 Å². The molecule has 0 aliphatic carbocycles. The molecule has 6 nitrogen and oxygen atoms in total. The van der Waals surface area contributed by atoms with Crippen molar-refractivity contribution in [2.75, 3.05) is 20.2 Å². The Bertz CT molecular complexity index is 690. The van der Waals surface area contributed by atoms with Gasteiger partial charge in [-0.25, -0.2) is 0 Å². The van der Waals surface area contributed by atoms with Crippen molar-refractivity contribution in [3.05, 3.63) is 21.2 Å². The average Bonchev–Trinajstić information content (AvgIpc) is 3.04. The van der Waals surface area contributed by atoms with Crippen LogP contribution >= 0.6 is 15.9 Å². The topological polar surface area (TPSA) is 92.9 Å². The molecule has 1 aliphatic rings. The number of carbonyl (C=O) groups excluding carboxylic acids is 2. The highest BCUT2D eigenvalue weighted by Gasteiger charge is 2.32. The Hall–Kier alpha value is -1.60. The predicted molar refractivity (Wildman–Crippen MR) is 99.5 cm³/mol. The molecule has 2 rings (SSSR count). The van der Waals surface area contributed by atoms with E-state index >= 15 is 0 Å². The van der Waals surface area contributed by atoms with E-state index in [4.69, 9.17) is 10.5 Å². The number of likely N-dealkylation sites (tertiary alicyclic amines) is 1. The van der Waals surface area contributed by atoms with Crippen molar-refractivity contribution >= 4 is 27.6 Å². The summed E-state index contributed by atoms with van der Waals surface area (Å²) in [7, 11) is 1.37. The van der Waals surface area contributed by atoms with Crippen LogP contribution in [0.2, 0.25) is 0 Å². The van der Waals surface area contributed by atoms with Crippen LogP contribution in [0.1, 0.15) is 59.4 Å². The Kier molecular flexibility index (Phi) is 6.46. The molecule has 1 aromatic carbocycles. The number of primary amides is 1. The summed E-state index contributed by atoms with van der Waals surface area (Å²) in [5, 5.41) is 10.5. The molecule has 1 fully saturated rings. The molecule has 0 spiro atoms. The number of nitrogens with two attached hydrogens (primary N) is 1. The number of aromatic hydroxyl groups is 1. The molecule has 1 aromatic rings. The summed E-state index contributed by atoms with van der Waals surface area (Å²) in [6.45, 7) is 5.82. The van der Waals surface area contributed by atoms with E-state index in [-0.39, 0.29) is 35.3 Å². The van der Waals surface area contributed by atoms with Crippen LogP contribution in [0.3, 0.4) is 0 Å². The highest BCUT2D eigenvalue weighted by Crippen LogP contribution is 2.43. The number of halogens is 1. The Morgan fingerprint density at radius 3 is 2.56 bits per heavy atom. The van der Waals surface area contributed by atoms with Crippen LogP contribution < -0.4 is 10.5 Å². The second kappa shape index (κ2) is 8.19. The Labute approximate surface area is 156 Å². The number of amides is 1. The molecule has 25 heavy (non-hydrogen) atoms. The van der Waals surface area contributed by atoms with Gasteiger partial charge in [0.2, 0.25) is 0 Å². The Morgan fingerprint density at radius 2 is 2.04 bits per heavy atom. The van der Waals surface area contributed by atoms with Crippen molar-refractivity contribution < 1.29 is 19.4 Å². The second-order valence-corrected chi connectivity index (χ2v) is 6.99. The van der Waals surface area contributed by atoms with Crippen molar-refractivity contribution in [3.63, 3.8) is 0 Å². The lowest BCUT2D eigenvalue weighted by atomic mass is 9.91. The van der Waals surface area contributed by atoms with E-state index in [0.717, 1.165) is 25.9 Å². The number of carbonyl (C=O) groups is 2. The third kappa shape index (κ3) is 3.67. The number of nitrogens with zero attached hydrogens (tertiary/aromatic N) is 1. The van der Waals surface area contributed by atoms with Crippen molar-refractivity contribution in [2.45, 2.75) is 45.6 Å². The van der Waals surface area contributed by atoms with E-state index in [9.17, 15) is 14.7 Å². The molecule has 0 unspecified atom stereocenters. The van der Waals surface area contributed by atoms with Gasteiger partial charge in [-0.15, -0.1) is 0 Å². The molecule has 0 saturated carbocycles.